The molecular weight excluding hydrogens is 363 g/mol. The van der Waals surface area contributed by atoms with Gasteiger partial charge in [-0.05, 0) is 18.2 Å². The summed E-state index contributed by atoms with van der Waals surface area (Å²) in [5.74, 6) is 0.0131. The van der Waals surface area contributed by atoms with Crippen LogP contribution < -0.4 is 10.1 Å². The van der Waals surface area contributed by atoms with Gasteiger partial charge in [0, 0.05) is 18.2 Å². The summed E-state index contributed by atoms with van der Waals surface area (Å²) in [4.78, 5) is 16.2. The molecule has 0 aliphatic rings. The third kappa shape index (κ3) is 4.52. The van der Waals surface area contributed by atoms with Gasteiger partial charge in [-0.3, -0.25) is 9.20 Å². The molecule has 7 nitrogen and oxygen atoms in total. The summed E-state index contributed by atoms with van der Waals surface area (Å²) in [5.41, 5.74) is 1.04. The number of anilines is 1. The van der Waals surface area contributed by atoms with Gasteiger partial charge in [-0.2, -0.15) is 13.2 Å². The highest BCUT2D eigenvalue weighted by Gasteiger charge is 2.28. The van der Waals surface area contributed by atoms with Crippen molar-refractivity contribution >= 4 is 17.2 Å². The van der Waals surface area contributed by atoms with E-state index in [2.05, 4.69) is 25.2 Å². The van der Waals surface area contributed by atoms with E-state index in [1.165, 1.54) is 18.2 Å². The maximum atomic E-state index is 12.4. The maximum Gasteiger partial charge on any atom is 0.422 e. The molecule has 1 amide bonds. The number of alkyl halides is 3. The minimum absolute atomic E-state index is 0.0670. The predicted octanol–water partition coefficient (Wildman–Crippen LogP) is 3.44. The average molecular weight is 379 g/mol. The summed E-state index contributed by atoms with van der Waals surface area (Å²) in [6, 6.07) is 7.38. The van der Waals surface area contributed by atoms with Crippen LogP contribution in [0.5, 0.6) is 5.88 Å². The third-order valence-corrected chi connectivity index (χ3v) is 3.54. The van der Waals surface area contributed by atoms with Crippen molar-refractivity contribution in [2.75, 3.05) is 11.9 Å². The van der Waals surface area contributed by atoms with Gasteiger partial charge in [0.2, 0.25) is 5.88 Å². The molecule has 0 aromatic carbocycles. The zero-order valence-electron chi connectivity index (χ0n) is 14.5. The molecule has 3 aromatic heterocycles. The Labute approximate surface area is 152 Å². The fourth-order valence-electron chi connectivity index (χ4n) is 2.35. The number of halogens is 3. The first-order valence-electron chi connectivity index (χ1n) is 8.05. The molecule has 0 atom stereocenters. The highest BCUT2D eigenvalue weighted by atomic mass is 19.4. The van der Waals surface area contributed by atoms with Crippen molar-refractivity contribution in [2.45, 2.75) is 25.9 Å². The molecule has 0 unspecified atom stereocenters. The Bertz CT molecular complexity index is 969. The molecule has 0 fully saturated rings. The van der Waals surface area contributed by atoms with Crippen LogP contribution in [0, 0.1) is 0 Å². The van der Waals surface area contributed by atoms with Gasteiger partial charge in [0.25, 0.3) is 5.91 Å². The van der Waals surface area contributed by atoms with E-state index in [-0.39, 0.29) is 17.5 Å². The lowest BCUT2D eigenvalue weighted by Crippen LogP contribution is -2.20. The van der Waals surface area contributed by atoms with Crippen LogP contribution in [-0.4, -0.2) is 38.3 Å². The number of hydrogen-bond acceptors (Lipinski definition) is 5. The van der Waals surface area contributed by atoms with E-state index in [0.29, 0.717) is 11.3 Å². The summed E-state index contributed by atoms with van der Waals surface area (Å²) in [5, 5.41) is 10.8. The van der Waals surface area contributed by atoms with Gasteiger partial charge in [-0.15, -0.1) is 10.2 Å². The van der Waals surface area contributed by atoms with Crippen molar-refractivity contribution in [2.24, 2.45) is 0 Å². The van der Waals surface area contributed by atoms with Crippen LogP contribution in [0.15, 0.2) is 36.5 Å². The Balaban J connectivity index is 1.77. The number of nitrogens with one attached hydrogen (secondary N) is 1. The van der Waals surface area contributed by atoms with Crippen molar-refractivity contribution in [1.29, 1.82) is 0 Å². The van der Waals surface area contributed by atoms with Gasteiger partial charge in [-0.1, -0.05) is 19.9 Å². The number of nitrogens with zero attached hydrogens (tertiary/aromatic N) is 4. The Morgan fingerprint density at radius 1 is 1.22 bits per heavy atom. The number of carbonyl (C=O) groups is 1. The van der Waals surface area contributed by atoms with E-state index in [0.717, 1.165) is 5.82 Å². The van der Waals surface area contributed by atoms with Crippen molar-refractivity contribution in [3.05, 3.63) is 48.0 Å². The molecule has 27 heavy (non-hydrogen) atoms. The minimum atomic E-state index is -4.48. The molecular formula is C17H16F3N5O2. The Morgan fingerprint density at radius 2 is 2.00 bits per heavy atom. The lowest BCUT2D eigenvalue weighted by atomic mass is 10.2. The molecule has 3 aromatic rings. The summed E-state index contributed by atoms with van der Waals surface area (Å²) < 4.78 is 43.0. The van der Waals surface area contributed by atoms with Crippen molar-refractivity contribution < 1.29 is 22.7 Å². The number of hydrogen-bond donors (Lipinski definition) is 1. The van der Waals surface area contributed by atoms with E-state index in [1.807, 2.05) is 13.8 Å². The standard InChI is InChI=1S/C17H16F3N5O2/c1-10(2)15-24-23-13-7-6-11(8-25(13)15)21-16(26)12-4-3-5-14(22-12)27-9-17(18,19)20/h3-8,10H,9H2,1-2H3,(H,21,26). The molecule has 0 saturated carbocycles. The number of carbonyl (C=O) groups excluding carboxylic acids is 1. The molecule has 0 aliphatic heterocycles. The average Bonchev–Trinajstić information content (AvgIpc) is 3.03. The van der Waals surface area contributed by atoms with Crippen LogP contribution in [0.4, 0.5) is 18.9 Å². The maximum absolute atomic E-state index is 12.4. The fourth-order valence-corrected chi connectivity index (χ4v) is 2.35. The normalized spacial score (nSPS) is 11.8. The quantitative estimate of drug-likeness (QED) is 0.734. The Hall–Kier alpha value is -3.17. The first-order chi connectivity index (χ1) is 12.7. The number of ether oxygens (including phenoxy) is 1. The van der Waals surface area contributed by atoms with E-state index in [1.54, 1.807) is 22.7 Å². The van der Waals surface area contributed by atoms with Crippen molar-refractivity contribution in [3.63, 3.8) is 0 Å². The van der Waals surface area contributed by atoms with Gasteiger partial charge in [-0.25, -0.2) is 4.98 Å². The number of rotatable bonds is 5. The minimum Gasteiger partial charge on any atom is -0.468 e. The van der Waals surface area contributed by atoms with E-state index >= 15 is 0 Å². The summed E-state index contributed by atoms with van der Waals surface area (Å²) in [7, 11) is 0. The SMILES string of the molecule is CC(C)c1nnc2ccc(NC(=O)c3cccc(OCC(F)(F)F)n3)cn12. The van der Waals surface area contributed by atoms with Gasteiger partial charge in [0.05, 0.1) is 5.69 Å². The molecule has 0 bridgehead atoms. The van der Waals surface area contributed by atoms with Gasteiger partial charge in [0.1, 0.15) is 11.5 Å². The predicted molar refractivity (Wildman–Crippen MR) is 90.8 cm³/mol. The molecule has 0 saturated heterocycles. The topological polar surface area (TPSA) is 81.4 Å². The summed E-state index contributed by atoms with van der Waals surface area (Å²) in [6.45, 7) is 2.46. The lowest BCUT2D eigenvalue weighted by Gasteiger charge is -2.10. The van der Waals surface area contributed by atoms with E-state index < -0.39 is 18.7 Å². The monoisotopic (exact) mass is 379 g/mol. The molecule has 142 valence electrons. The molecule has 1 N–H and O–H groups in total. The number of pyridine rings is 2. The Morgan fingerprint density at radius 3 is 2.70 bits per heavy atom. The molecule has 0 radical (unpaired) electrons. The third-order valence-electron chi connectivity index (χ3n) is 3.54. The highest BCUT2D eigenvalue weighted by molar-refractivity contribution is 6.02. The lowest BCUT2D eigenvalue weighted by molar-refractivity contribution is -0.154. The van der Waals surface area contributed by atoms with Crippen LogP contribution in [-0.2, 0) is 0 Å². The summed E-state index contributed by atoms with van der Waals surface area (Å²) >= 11 is 0. The largest absolute Gasteiger partial charge is 0.468 e. The Kier molecular flexibility index (Phi) is 4.98. The van der Waals surface area contributed by atoms with Crippen molar-refractivity contribution in [3.8, 4) is 5.88 Å². The van der Waals surface area contributed by atoms with Crippen molar-refractivity contribution in [1.82, 2.24) is 19.6 Å². The van der Waals surface area contributed by atoms with Crippen LogP contribution >= 0.6 is 0 Å². The van der Waals surface area contributed by atoms with Crippen LogP contribution in [0.2, 0.25) is 0 Å². The number of amides is 1. The molecule has 0 aliphatic carbocycles. The summed E-state index contributed by atoms with van der Waals surface area (Å²) in [6.07, 6.45) is -2.81. The van der Waals surface area contributed by atoms with Crippen LogP contribution in [0.3, 0.4) is 0 Å². The first-order valence-corrected chi connectivity index (χ1v) is 8.05. The number of aromatic nitrogens is 4. The van der Waals surface area contributed by atoms with Crippen LogP contribution in [0.25, 0.3) is 5.65 Å². The molecule has 3 rings (SSSR count). The second kappa shape index (κ2) is 7.22. The molecule has 0 spiro atoms. The van der Waals surface area contributed by atoms with Crippen LogP contribution in [0.1, 0.15) is 36.1 Å². The smallest absolute Gasteiger partial charge is 0.422 e. The fraction of sp³-hybridized carbons (Fsp3) is 0.294. The van der Waals surface area contributed by atoms with Gasteiger partial charge >= 0.3 is 6.18 Å². The zero-order chi connectivity index (χ0) is 19.6. The highest BCUT2D eigenvalue weighted by Crippen LogP contribution is 2.19. The van der Waals surface area contributed by atoms with E-state index in [4.69, 9.17) is 0 Å². The van der Waals surface area contributed by atoms with E-state index in [9.17, 15) is 18.0 Å². The molecule has 3 heterocycles. The second-order valence-corrected chi connectivity index (χ2v) is 6.08. The molecule has 10 heteroatoms. The number of fused-ring (bicyclic) bond motifs is 1. The van der Waals surface area contributed by atoms with Gasteiger partial charge < -0.3 is 10.1 Å². The van der Waals surface area contributed by atoms with Gasteiger partial charge in [0.15, 0.2) is 12.3 Å². The second-order valence-electron chi connectivity index (χ2n) is 6.08. The first kappa shape index (κ1) is 18.6. The zero-order valence-corrected chi connectivity index (χ0v) is 14.5.